The van der Waals surface area contributed by atoms with Crippen LogP contribution in [-0.4, -0.2) is 21.1 Å². The summed E-state index contributed by atoms with van der Waals surface area (Å²) in [4.78, 5) is 4.43. The summed E-state index contributed by atoms with van der Waals surface area (Å²) < 4.78 is 5.22. The van der Waals surface area contributed by atoms with Crippen molar-refractivity contribution < 1.29 is 4.52 Å². The number of nitrogens with zero attached hydrogens (tertiary/aromatic N) is 2. The normalized spacial score (nSPS) is 30.6. The van der Waals surface area contributed by atoms with Gasteiger partial charge in [0, 0.05) is 11.7 Å². The van der Waals surface area contributed by atoms with Crippen LogP contribution in [0.5, 0.6) is 0 Å². The van der Waals surface area contributed by atoms with Gasteiger partial charge in [-0.15, -0.1) is 0 Å². The van der Waals surface area contributed by atoms with Crippen LogP contribution in [0.2, 0.25) is 0 Å². The van der Waals surface area contributed by atoms with Gasteiger partial charge in [-0.1, -0.05) is 19.0 Å². The first-order valence-corrected chi connectivity index (χ1v) is 6.95. The SMILES string of the molecule is CCCc1nc(C2(N)CCCSC2C)no1. The summed E-state index contributed by atoms with van der Waals surface area (Å²) in [5.74, 6) is 2.58. The first kappa shape index (κ1) is 11.9. The van der Waals surface area contributed by atoms with Crippen LogP contribution in [0.25, 0.3) is 0 Å². The minimum atomic E-state index is -0.404. The molecule has 1 aromatic heterocycles. The number of rotatable bonds is 3. The van der Waals surface area contributed by atoms with Gasteiger partial charge in [-0.25, -0.2) is 0 Å². The molecule has 2 unspecified atom stereocenters. The van der Waals surface area contributed by atoms with Crippen LogP contribution in [0.1, 0.15) is 44.8 Å². The largest absolute Gasteiger partial charge is 0.339 e. The van der Waals surface area contributed by atoms with Crippen molar-refractivity contribution in [3.05, 3.63) is 11.7 Å². The van der Waals surface area contributed by atoms with E-state index in [-0.39, 0.29) is 0 Å². The molecule has 5 heteroatoms. The van der Waals surface area contributed by atoms with Crippen molar-refractivity contribution in [2.75, 3.05) is 5.75 Å². The lowest BCUT2D eigenvalue weighted by Crippen LogP contribution is -2.48. The minimum absolute atomic E-state index is 0.355. The predicted octanol–water partition coefficient (Wildman–Crippen LogP) is 2.09. The van der Waals surface area contributed by atoms with Gasteiger partial charge >= 0.3 is 0 Å². The van der Waals surface area contributed by atoms with Gasteiger partial charge in [0.25, 0.3) is 0 Å². The smallest absolute Gasteiger partial charge is 0.226 e. The first-order valence-electron chi connectivity index (χ1n) is 5.90. The molecule has 0 saturated carbocycles. The zero-order valence-electron chi connectivity index (χ0n) is 9.90. The minimum Gasteiger partial charge on any atom is -0.339 e. The molecule has 1 aromatic rings. The highest BCUT2D eigenvalue weighted by Crippen LogP contribution is 2.38. The summed E-state index contributed by atoms with van der Waals surface area (Å²) >= 11 is 1.90. The zero-order valence-corrected chi connectivity index (χ0v) is 10.7. The summed E-state index contributed by atoms with van der Waals surface area (Å²) in [5, 5.41) is 4.41. The van der Waals surface area contributed by atoms with Gasteiger partial charge in [0.1, 0.15) is 0 Å². The van der Waals surface area contributed by atoms with Crippen LogP contribution in [0.4, 0.5) is 0 Å². The number of aryl methyl sites for hydroxylation is 1. The third-order valence-corrected chi connectivity index (χ3v) is 4.62. The Morgan fingerprint density at radius 1 is 1.62 bits per heavy atom. The molecular formula is C11H19N3OS. The Kier molecular flexibility index (Phi) is 3.54. The van der Waals surface area contributed by atoms with E-state index in [0.717, 1.165) is 25.7 Å². The van der Waals surface area contributed by atoms with Crippen molar-refractivity contribution in [1.29, 1.82) is 0 Å². The summed E-state index contributed by atoms with van der Waals surface area (Å²) in [6, 6.07) is 0. The molecule has 2 rings (SSSR count). The monoisotopic (exact) mass is 241 g/mol. The fourth-order valence-corrected chi connectivity index (χ4v) is 3.21. The van der Waals surface area contributed by atoms with Gasteiger partial charge in [-0.2, -0.15) is 16.7 Å². The highest BCUT2D eigenvalue weighted by Gasteiger charge is 2.40. The molecule has 90 valence electrons. The average molecular weight is 241 g/mol. The quantitative estimate of drug-likeness (QED) is 0.877. The van der Waals surface area contributed by atoms with Gasteiger partial charge in [-0.3, -0.25) is 0 Å². The van der Waals surface area contributed by atoms with Crippen LogP contribution in [0.15, 0.2) is 4.52 Å². The highest BCUT2D eigenvalue weighted by atomic mass is 32.2. The Bertz CT molecular complexity index is 355. The molecule has 0 spiro atoms. The van der Waals surface area contributed by atoms with Crippen LogP contribution in [-0.2, 0) is 12.0 Å². The maximum absolute atomic E-state index is 6.43. The molecule has 0 aromatic carbocycles. The Morgan fingerprint density at radius 3 is 3.12 bits per heavy atom. The molecule has 0 bridgehead atoms. The molecule has 1 aliphatic rings. The topological polar surface area (TPSA) is 64.9 Å². The van der Waals surface area contributed by atoms with Crippen molar-refractivity contribution in [2.24, 2.45) is 5.73 Å². The fourth-order valence-electron chi connectivity index (χ4n) is 2.03. The number of aromatic nitrogens is 2. The van der Waals surface area contributed by atoms with Crippen LogP contribution in [0, 0.1) is 0 Å². The predicted molar refractivity (Wildman–Crippen MR) is 65.3 cm³/mol. The summed E-state index contributed by atoms with van der Waals surface area (Å²) in [6.07, 6.45) is 3.93. The van der Waals surface area contributed by atoms with E-state index in [1.54, 1.807) is 0 Å². The second-order valence-electron chi connectivity index (χ2n) is 4.42. The summed E-state index contributed by atoms with van der Waals surface area (Å²) in [6.45, 7) is 4.25. The summed E-state index contributed by atoms with van der Waals surface area (Å²) in [7, 11) is 0. The molecule has 1 fully saturated rings. The third kappa shape index (κ3) is 2.11. The van der Waals surface area contributed by atoms with Crippen molar-refractivity contribution in [3.8, 4) is 0 Å². The molecule has 16 heavy (non-hydrogen) atoms. The fraction of sp³-hybridized carbons (Fsp3) is 0.818. The molecule has 0 radical (unpaired) electrons. The third-order valence-electron chi connectivity index (χ3n) is 3.18. The number of nitrogens with two attached hydrogens (primary N) is 1. The molecule has 2 N–H and O–H groups in total. The molecule has 0 amide bonds. The Labute approximate surface area is 100 Å². The Balaban J connectivity index is 2.20. The Morgan fingerprint density at radius 2 is 2.44 bits per heavy atom. The van der Waals surface area contributed by atoms with E-state index in [0.29, 0.717) is 17.0 Å². The lowest BCUT2D eigenvalue weighted by molar-refractivity contribution is 0.327. The standard InChI is InChI=1S/C11H19N3OS/c1-3-5-9-13-10(14-15-9)11(12)6-4-7-16-8(11)2/h8H,3-7,12H2,1-2H3. The number of thioether (sulfide) groups is 1. The van der Waals surface area contributed by atoms with Gasteiger partial charge in [0.05, 0.1) is 5.54 Å². The number of hydrogen-bond donors (Lipinski definition) is 1. The zero-order chi connectivity index (χ0) is 11.6. The molecule has 2 heterocycles. The van der Waals surface area contributed by atoms with E-state index in [1.165, 1.54) is 5.75 Å². The van der Waals surface area contributed by atoms with Crippen LogP contribution >= 0.6 is 11.8 Å². The molecule has 2 atom stereocenters. The molecule has 0 aliphatic carbocycles. The van der Waals surface area contributed by atoms with Crippen molar-refractivity contribution >= 4 is 11.8 Å². The van der Waals surface area contributed by atoms with Crippen molar-refractivity contribution in [3.63, 3.8) is 0 Å². The molecular weight excluding hydrogens is 222 g/mol. The van der Waals surface area contributed by atoms with Gasteiger partial charge < -0.3 is 10.3 Å². The van der Waals surface area contributed by atoms with Gasteiger partial charge in [0.2, 0.25) is 5.89 Å². The highest BCUT2D eigenvalue weighted by molar-refractivity contribution is 8.00. The van der Waals surface area contributed by atoms with Crippen molar-refractivity contribution in [1.82, 2.24) is 10.1 Å². The maximum Gasteiger partial charge on any atom is 0.226 e. The Hall–Kier alpha value is -0.550. The van der Waals surface area contributed by atoms with Gasteiger partial charge in [0.15, 0.2) is 5.82 Å². The lowest BCUT2D eigenvalue weighted by Gasteiger charge is -2.36. The maximum atomic E-state index is 6.43. The van der Waals surface area contributed by atoms with E-state index in [2.05, 4.69) is 24.0 Å². The van der Waals surface area contributed by atoms with E-state index in [1.807, 2.05) is 11.8 Å². The summed E-state index contributed by atoms with van der Waals surface area (Å²) in [5.41, 5.74) is 6.02. The average Bonchev–Trinajstić information content (AvgIpc) is 2.72. The second kappa shape index (κ2) is 4.75. The van der Waals surface area contributed by atoms with E-state index >= 15 is 0 Å². The van der Waals surface area contributed by atoms with Gasteiger partial charge in [-0.05, 0) is 25.0 Å². The molecule has 1 aliphatic heterocycles. The van der Waals surface area contributed by atoms with Crippen molar-refractivity contribution in [2.45, 2.75) is 50.3 Å². The van der Waals surface area contributed by atoms with E-state index in [4.69, 9.17) is 10.3 Å². The number of hydrogen-bond acceptors (Lipinski definition) is 5. The van der Waals surface area contributed by atoms with E-state index < -0.39 is 5.54 Å². The first-order chi connectivity index (χ1) is 7.66. The van der Waals surface area contributed by atoms with Crippen LogP contribution < -0.4 is 5.73 Å². The van der Waals surface area contributed by atoms with E-state index in [9.17, 15) is 0 Å². The molecule has 4 nitrogen and oxygen atoms in total. The lowest BCUT2D eigenvalue weighted by atomic mass is 9.90. The van der Waals surface area contributed by atoms with Crippen LogP contribution in [0.3, 0.4) is 0 Å². The molecule has 1 saturated heterocycles. The second-order valence-corrected chi connectivity index (χ2v) is 5.87.